The lowest BCUT2D eigenvalue weighted by Gasteiger charge is -2.11. The van der Waals surface area contributed by atoms with Crippen molar-refractivity contribution < 1.29 is 4.79 Å². The predicted octanol–water partition coefficient (Wildman–Crippen LogP) is 3.21. The summed E-state index contributed by atoms with van der Waals surface area (Å²) in [5.74, 6) is 2.45. The molecule has 0 atom stereocenters. The highest BCUT2D eigenvalue weighted by Crippen LogP contribution is 2.21. The van der Waals surface area contributed by atoms with Crippen LogP contribution < -0.4 is 16.0 Å². The molecule has 0 aliphatic rings. The van der Waals surface area contributed by atoms with Crippen LogP contribution >= 0.6 is 0 Å². The van der Waals surface area contributed by atoms with Gasteiger partial charge in [0.15, 0.2) is 0 Å². The highest BCUT2D eigenvalue weighted by molar-refractivity contribution is 5.90. The molecule has 0 radical (unpaired) electrons. The number of anilines is 5. The van der Waals surface area contributed by atoms with Gasteiger partial charge in [0.05, 0.1) is 0 Å². The van der Waals surface area contributed by atoms with Crippen LogP contribution in [0.1, 0.15) is 11.4 Å². The van der Waals surface area contributed by atoms with Gasteiger partial charge >= 0.3 is 0 Å². The zero-order valence-corrected chi connectivity index (χ0v) is 17.1. The molecule has 0 fully saturated rings. The fourth-order valence-corrected chi connectivity index (χ4v) is 2.88. The van der Waals surface area contributed by atoms with Crippen molar-refractivity contribution in [1.29, 1.82) is 0 Å². The van der Waals surface area contributed by atoms with Gasteiger partial charge in [-0.3, -0.25) is 4.79 Å². The maximum Gasteiger partial charge on any atom is 0.246 e. The monoisotopic (exact) mass is 415 g/mol. The number of hydrogen-bond donors (Lipinski definition) is 3. The van der Waals surface area contributed by atoms with Gasteiger partial charge in [0.1, 0.15) is 42.5 Å². The molecule has 156 valence electrons. The third-order valence-electron chi connectivity index (χ3n) is 4.22. The first-order valence-electron chi connectivity index (χ1n) is 9.58. The second-order valence-electron chi connectivity index (χ2n) is 6.87. The van der Waals surface area contributed by atoms with Crippen LogP contribution in [0.4, 0.5) is 28.8 Å². The number of nitrogens with zero attached hydrogens (tertiary/aromatic N) is 6. The van der Waals surface area contributed by atoms with E-state index >= 15 is 0 Å². The van der Waals surface area contributed by atoms with Crippen LogP contribution in [-0.4, -0.2) is 35.6 Å². The van der Waals surface area contributed by atoms with Crippen molar-refractivity contribution >= 4 is 34.7 Å². The summed E-state index contributed by atoms with van der Waals surface area (Å²) in [7, 11) is 0. The minimum atomic E-state index is -0.182. The molecule has 0 bridgehead atoms. The molecule has 4 aromatic rings. The van der Waals surface area contributed by atoms with Gasteiger partial charge in [-0.2, -0.15) is 5.10 Å². The predicted molar refractivity (Wildman–Crippen MR) is 117 cm³/mol. The molecule has 3 N–H and O–H groups in total. The first kappa shape index (κ1) is 20.0. The van der Waals surface area contributed by atoms with E-state index in [0.29, 0.717) is 23.1 Å². The second kappa shape index (κ2) is 8.99. The molecule has 0 saturated heterocycles. The SMILES string of the molecule is Cc1ccnc(Nc2cc(Nc3ccc(NC(=O)Cn4cncn4)cc3)nc(C)n2)c1. The Kier molecular flexibility index (Phi) is 5.79. The fourth-order valence-electron chi connectivity index (χ4n) is 2.88. The largest absolute Gasteiger partial charge is 0.340 e. The lowest BCUT2D eigenvalue weighted by atomic mass is 10.2. The molecule has 0 aliphatic carbocycles. The van der Waals surface area contributed by atoms with Gasteiger partial charge in [-0.05, 0) is 55.8 Å². The Labute approximate surface area is 178 Å². The summed E-state index contributed by atoms with van der Waals surface area (Å²) in [4.78, 5) is 29.0. The maximum atomic E-state index is 12.1. The van der Waals surface area contributed by atoms with Gasteiger partial charge in [-0.15, -0.1) is 0 Å². The van der Waals surface area contributed by atoms with Gasteiger partial charge in [0, 0.05) is 23.6 Å². The molecule has 1 amide bonds. The van der Waals surface area contributed by atoms with Crippen molar-refractivity contribution in [3.05, 3.63) is 72.7 Å². The molecule has 0 aliphatic heterocycles. The van der Waals surface area contributed by atoms with E-state index in [0.717, 1.165) is 17.1 Å². The van der Waals surface area contributed by atoms with Gasteiger partial charge in [0.2, 0.25) is 5.91 Å². The van der Waals surface area contributed by atoms with Crippen LogP contribution in [0.2, 0.25) is 0 Å². The van der Waals surface area contributed by atoms with Crippen molar-refractivity contribution in [3.8, 4) is 0 Å². The average Bonchev–Trinajstić information content (AvgIpc) is 3.22. The van der Waals surface area contributed by atoms with Crippen molar-refractivity contribution in [2.45, 2.75) is 20.4 Å². The minimum absolute atomic E-state index is 0.103. The van der Waals surface area contributed by atoms with E-state index in [-0.39, 0.29) is 12.5 Å². The van der Waals surface area contributed by atoms with Gasteiger partial charge in [-0.1, -0.05) is 0 Å². The van der Waals surface area contributed by atoms with Crippen LogP contribution in [0.5, 0.6) is 0 Å². The van der Waals surface area contributed by atoms with E-state index in [1.807, 2.05) is 56.3 Å². The third kappa shape index (κ3) is 5.60. The molecule has 0 unspecified atom stereocenters. The summed E-state index contributed by atoms with van der Waals surface area (Å²) in [6.07, 6.45) is 4.63. The first-order chi connectivity index (χ1) is 15.0. The molecule has 0 spiro atoms. The van der Waals surface area contributed by atoms with E-state index in [1.54, 1.807) is 6.20 Å². The summed E-state index contributed by atoms with van der Waals surface area (Å²) < 4.78 is 1.46. The van der Waals surface area contributed by atoms with Crippen molar-refractivity contribution in [2.24, 2.45) is 0 Å². The summed E-state index contributed by atoms with van der Waals surface area (Å²) in [5.41, 5.74) is 2.62. The quantitative estimate of drug-likeness (QED) is 0.421. The maximum absolute atomic E-state index is 12.1. The molecule has 4 rings (SSSR count). The van der Waals surface area contributed by atoms with Crippen LogP contribution in [0.15, 0.2) is 61.3 Å². The van der Waals surface area contributed by atoms with Gasteiger partial charge in [0.25, 0.3) is 0 Å². The van der Waals surface area contributed by atoms with Gasteiger partial charge < -0.3 is 16.0 Å². The summed E-state index contributed by atoms with van der Waals surface area (Å²) in [6.45, 7) is 3.94. The lowest BCUT2D eigenvalue weighted by molar-refractivity contribution is -0.116. The molecule has 31 heavy (non-hydrogen) atoms. The van der Waals surface area contributed by atoms with Gasteiger partial charge in [-0.25, -0.2) is 24.6 Å². The number of pyridine rings is 1. The Morgan fingerprint density at radius 2 is 1.68 bits per heavy atom. The van der Waals surface area contributed by atoms with Crippen LogP contribution in [0.3, 0.4) is 0 Å². The van der Waals surface area contributed by atoms with E-state index in [1.165, 1.54) is 17.3 Å². The number of nitrogens with one attached hydrogen (secondary N) is 3. The Morgan fingerprint density at radius 1 is 0.935 bits per heavy atom. The van der Waals surface area contributed by atoms with E-state index in [2.05, 4.69) is 41.0 Å². The highest BCUT2D eigenvalue weighted by Gasteiger charge is 2.06. The Bertz CT molecular complexity index is 1170. The van der Waals surface area contributed by atoms with Crippen LogP contribution in [0.25, 0.3) is 0 Å². The number of carbonyl (C=O) groups excluding carboxylic acids is 1. The molecule has 1 aromatic carbocycles. The summed E-state index contributed by atoms with van der Waals surface area (Å²) in [6, 6.07) is 13.0. The Balaban J connectivity index is 1.40. The minimum Gasteiger partial charge on any atom is -0.340 e. The van der Waals surface area contributed by atoms with E-state index in [4.69, 9.17) is 0 Å². The third-order valence-corrected chi connectivity index (χ3v) is 4.22. The van der Waals surface area contributed by atoms with E-state index in [9.17, 15) is 4.79 Å². The highest BCUT2D eigenvalue weighted by atomic mass is 16.2. The lowest BCUT2D eigenvalue weighted by Crippen LogP contribution is -2.18. The zero-order valence-electron chi connectivity index (χ0n) is 17.1. The number of aromatic nitrogens is 6. The number of hydrogen-bond acceptors (Lipinski definition) is 8. The van der Waals surface area contributed by atoms with Crippen LogP contribution in [-0.2, 0) is 11.3 Å². The van der Waals surface area contributed by atoms with Crippen LogP contribution in [0, 0.1) is 13.8 Å². The van der Waals surface area contributed by atoms with Crippen molar-refractivity contribution in [2.75, 3.05) is 16.0 Å². The number of aryl methyl sites for hydroxylation is 2. The van der Waals surface area contributed by atoms with E-state index < -0.39 is 0 Å². The molecule has 3 heterocycles. The molecule has 3 aromatic heterocycles. The smallest absolute Gasteiger partial charge is 0.246 e. The number of carbonyl (C=O) groups is 1. The number of rotatable bonds is 7. The Morgan fingerprint density at radius 3 is 2.39 bits per heavy atom. The zero-order chi connectivity index (χ0) is 21.6. The first-order valence-corrected chi connectivity index (χ1v) is 9.58. The topological polar surface area (TPSA) is 123 Å². The van der Waals surface area contributed by atoms with Crippen molar-refractivity contribution in [3.63, 3.8) is 0 Å². The molecule has 0 saturated carbocycles. The molecule has 10 heteroatoms. The normalized spacial score (nSPS) is 10.5. The summed E-state index contributed by atoms with van der Waals surface area (Å²) in [5, 5.41) is 13.2. The molecule has 10 nitrogen and oxygen atoms in total. The molecular formula is C21H21N9O. The number of amides is 1. The molecular weight excluding hydrogens is 394 g/mol. The number of benzene rings is 1. The fraction of sp³-hybridized carbons (Fsp3) is 0.143. The van der Waals surface area contributed by atoms with Crippen molar-refractivity contribution in [1.82, 2.24) is 29.7 Å². The second-order valence-corrected chi connectivity index (χ2v) is 6.87. The summed E-state index contributed by atoms with van der Waals surface area (Å²) >= 11 is 0. The Hall–Kier alpha value is -4.34. The average molecular weight is 415 g/mol. The standard InChI is InChI=1S/C21H21N9O/c1-14-7-8-23-18(9-14)29-20-10-19(25-15(2)26-20)27-16-3-5-17(6-4-16)28-21(31)11-30-13-22-12-24-30/h3-10,12-13H,11H2,1-2H3,(H,28,31)(H2,23,25,26,27,29).